The van der Waals surface area contributed by atoms with E-state index >= 15 is 0 Å². The molecule has 2 aromatic rings. The molecule has 1 aromatic carbocycles. The van der Waals surface area contributed by atoms with E-state index in [0.29, 0.717) is 6.54 Å². The van der Waals surface area contributed by atoms with E-state index in [2.05, 4.69) is 27.2 Å². The number of benzene rings is 1. The average molecular weight is 406 g/mol. The number of hydrogen-bond donors (Lipinski definition) is 4. The maximum atomic E-state index is 11.8. The van der Waals surface area contributed by atoms with Gasteiger partial charge in [-0.3, -0.25) is 4.79 Å². The molecule has 0 radical (unpaired) electrons. The van der Waals surface area contributed by atoms with Crippen molar-refractivity contribution in [1.82, 2.24) is 9.97 Å². The normalized spacial score (nSPS) is 10.4. The number of rotatable bonds is 9. The predicted molar refractivity (Wildman–Crippen MR) is 111 cm³/mol. The highest BCUT2D eigenvalue weighted by molar-refractivity contribution is 6.32. The number of nitrogen functional groups attached to an aromatic ring is 1. The summed E-state index contributed by atoms with van der Waals surface area (Å²) >= 11 is 6.07. The highest BCUT2D eigenvalue weighted by Crippen LogP contribution is 2.21. The van der Waals surface area contributed by atoms with Crippen LogP contribution in [0.25, 0.3) is 0 Å². The third-order valence-corrected chi connectivity index (χ3v) is 3.97. The maximum absolute atomic E-state index is 11.8. The number of amides is 1. The Kier molecular flexibility index (Phi) is 7.82. The van der Waals surface area contributed by atoms with E-state index in [1.54, 1.807) is 0 Å². The zero-order valence-corrected chi connectivity index (χ0v) is 16.4. The molecule has 0 aliphatic rings. The lowest BCUT2D eigenvalue weighted by Gasteiger charge is -2.10. The zero-order chi connectivity index (χ0) is 20.5. The van der Waals surface area contributed by atoms with Gasteiger partial charge in [-0.15, -0.1) is 0 Å². The van der Waals surface area contributed by atoms with E-state index in [9.17, 15) is 4.79 Å². The van der Waals surface area contributed by atoms with Crippen molar-refractivity contribution in [2.45, 2.75) is 26.2 Å². The Bertz CT molecular complexity index is 837. The summed E-state index contributed by atoms with van der Waals surface area (Å²) in [5.41, 5.74) is 17.0. The smallest absolute Gasteiger partial charge is 0.302 e. The SMILES string of the molecule is CCCCOc1ccc(CCNc2nc(N)c(C(=O)N=C(N)N)nc2Cl)cc1. The highest BCUT2D eigenvalue weighted by Gasteiger charge is 2.16. The molecule has 0 atom stereocenters. The third kappa shape index (κ3) is 6.27. The molecular formula is C18H24ClN7O2. The Morgan fingerprint density at radius 3 is 2.61 bits per heavy atom. The summed E-state index contributed by atoms with van der Waals surface area (Å²) in [5, 5.41) is 3.06. The molecule has 7 N–H and O–H groups in total. The van der Waals surface area contributed by atoms with Gasteiger partial charge in [0.2, 0.25) is 0 Å². The molecule has 150 valence electrons. The molecule has 28 heavy (non-hydrogen) atoms. The number of carbonyl (C=O) groups is 1. The molecule has 2 rings (SSSR count). The number of halogens is 1. The van der Waals surface area contributed by atoms with E-state index in [4.69, 9.17) is 33.5 Å². The summed E-state index contributed by atoms with van der Waals surface area (Å²) < 4.78 is 5.64. The van der Waals surface area contributed by atoms with Gasteiger partial charge in [0, 0.05) is 6.54 Å². The number of aromatic nitrogens is 2. The molecule has 0 aliphatic heterocycles. The van der Waals surface area contributed by atoms with Gasteiger partial charge in [-0.25, -0.2) is 9.97 Å². The van der Waals surface area contributed by atoms with Crippen LogP contribution in [0.1, 0.15) is 35.8 Å². The molecule has 0 aliphatic carbocycles. The van der Waals surface area contributed by atoms with Crippen molar-refractivity contribution >= 4 is 35.1 Å². The fourth-order valence-corrected chi connectivity index (χ4v) is 2.47. The lowest BCUT2D eigenvalue weighted by Crippen LogP contribution is -2.25. The number of aliphatic imine (C=N–C) groups is 1. The van der Waals surface area contributed by atoms with Gasteiger partial charge in [0.25, 0.3) is 0 Å². The molecule has 0 saturated carbocycles. The molecular weight excluding hydrogens is 382 g/mol. The number of hydrogen-bond acceptors (Lipinski definition) is 6. The molecule has 0 bridgehead atoms. The van der Waals surface area contributed by atoms with E-state index in [1.165, 1.54) is 0 Å². The lowest BCUT2D eigenvalue weighted by molar-refractivity contribution is 0.0998. The monoisotopic (exact) mass is 405 g/mol. The first-order valence-corrected chi connectivity index (χ1v) is 9.21. The Morgan fingerprint density at radius 2 is 1.96 bits per heavy atom. The van der Waals surface area contributed by atoms with Gasteiger partial charge < -0.3 is 27.3 Å². The van der Waals surface area contributed by atoms with Crippen molar-refractivity contribution in [2.75, 3.05) is 24.2 Å². The molecule has 1 heterocycles. The van der Waals surface area contributed by atoms with Crippen LogP contribution in [0.5, 0.6) is 5.75 Å². The molecule has 1 amide bonds. The minimum Gasteiger partial charge on any atom is -0.494 e. The van der Waals surface area contributed by atoms with Crippen LogP contribution in [-0.4, -0.2) is 35.0 Å². The molecule has 10 heteroatoms. The van der Waals surface area contributed by atoms with Crippen LogP contribution in [0.3, 0.4) is 0 Å². The standard InChI is InChI=1S/C18H24ClN7O2/c1-2-3-10-28-12-6-4-11(5-7-12)8-9-23-16-14(19)24-13(15(20)25-16)17(27)26-18(21)22/h4-7H,2-3,8-10H2,1H3,(H3,20,23,25)(H4,21,22,26,27). The zero-order valence-electron chi connectivity index (χ0n) is 15.6. The number of nitrogens with two attached hydrogens (primary N) is 3. The summed E-state index contributed by atoms with van der Waals surface area (Å²) in [6, 6.07) is 7.89. The Balaban J connectivity index is 1.93. The van der Waals surface area contributed by atoms with Crippen molar-refractivity contribution in [3.8, 4) is 5.75 Å². The summed E-state index contributed by atoms with van der Waals surface area (Å²) in [7, 11) is 0. The number of anilines is 2. The van der Waals surface area contributed by atoms with Gasteiger partial charge in [-0.1, -0.05) is 37.1 Å². The topological polar surface area (TPSA) is 155 Å². The summed E-state index contributed by atoms with van der Waals surface area (Å²) in [4.78, 5) is 23.2. The number of nitrogens with one attached hydrogen (secondary N) is 1. The predicted octanol–water partition coefficient (Wildman–Crippen LogP) is 1.96. The van der Waals surface area contributed by atoms with E-state index < -0.39 is 11.9 Å². The van der Waals surface area contributed by atoms with Gasteiger partial charge in [0.05, 0.1) is 6.61 Å². The van der Waals surface area contributed by atoms with Crippen LogP contribution in [0.15, 0.2) is 29.3 Å². The Labute approximate surface area is 168 Å². The second-order valence-electron chi connectivity index (χ2n) is 5.96. The van der Waals surface area contributed by atoms with Crippen LogP contribution in [0.4, 0.5) is 11.6 Å². The lowest BCUT2D eigenvalue weighted by atomic mass is 10.1. The van der Waals surface area contributed by atoms with E-state index in [-0.39, 0.29) is 22.5 Å². The number of ether oxygens (including phenoxy) is 1. The van der Waals surface area contributed by atoms with Gasteiger partial charge in [-0.05, 0) is 30.5 Å². The van der Waals surface area contributed by atoms with Crippen molar-refractivity contribution in [3.05, 3.63) is 40.7 Å². The summed E-state index contributed by atoms with van der Waals surface area (Å²) in [5.74, 6) is -0.186. The highest BCUT2D eigenvalue weighted by atomic mass is 35.5. The second-order valence-corrected chi connectivity index (χ2v) is 6.32. The molecule has 0 fully saturated rings. The largest absolute Gasteiger partial charge is 0.494 e. The second kappa shape index (κ2) is 10.3. The Hall–Kier alpha value is -3.07. The van der Waals surface area contributed by atoms with Crippen molar-refractivity contribution in [1.29, 1.82) is 0 Å². The first kappa shape index (κ1) is 21.2. The van der Waals surface area contributed by atoms with Gasteiger partial charge >= 0.3 is 5.91 Å². The molecule has 9 nitrogen and oxygen atoms in total. The fourth-order valence-electron chi connectivity index (χ4n) is 2.28. The van der Waals surface area contributed by atoms with Gasteiger partial charge in [0.15, 0.2) is 28.4 Å². The molecule has 0 saturated heterocycles. The summed E-state index contributed by atoms with van der Waals surface area (Å²) in [6.45, 7) is 3.39. The minimum atomic E-state index is -0.806. The Morgan fingerprint density at radius 1 is 1.25 bits per heavy atom. The van der Waals surface area contributed by atoms with Crippen LogP contribution >= 0.6 is 11.6 Å². The fraction of sp³-hybridized carbons (Fsp3) is 0.333. The first-order valence-electron chi connectivity index (χ1n) is 8.83. The van der Waals surface area contributed by atoms with Gasteiger partial charge in [-0.2, -0.15) is 4.99 Å². The van der Waals surface area contributed by atoms with Crippen LogP contribution in [-0.2, 0) is 6.42 Å². The maximum Gasteiger partial charge on any atom is 0.302 e. The van der Waals surface area contributed by atoms with Gasteiger partial charge in [0.1, 0.15) is 5.75 Å². The van der Waals surface area contributed by atoms with Crippen molar-refractivity contribution in [3.63, 3.8) is 0 Å². The van der Waals surface area contributed by atoms with Crippen LogP contribution in [0.2, 0.25) is 5.15 Å². The van der Waals surface area contributed by atoms with E-state index in [0.717, 1.165) is 37.2 Å². The first-order chi connectivity index (χ1) is 13.4. The number of guanidine groups is 1. The van der Waals surface area contributed by atoms with Crippen LogP contribution < -0.4 is 27.3 Å². The minimum absolute atomic E-state index is 0.00279. The van der Waals surface area contributed by atoms with E-state index in [1.807, 2.05) is 24.3 Å². The third-order valence-electron chi connectivity index (χ3n) is 3.71. The molecule has 0 unspecified atom stereocenters. The number of unbranched alkanes of at least 4 members (excludes halogenated alkanes) is 1. The van der Waals surface area contributed by atoms with Crippen molar-refractivity contribution in [2.24, 2.45) is 16.5 Å². The number of carbonyl (C=O) groups excluding carboxylic acids is 1. The average Bonchev–Trinajstić information content (AvgIpc) is 2.65. The number of nitrogens with zero attached hydrogens (tertiary/aromatic N) is 3. The summed E-state index contributed by atoms with van der Waals surface area (Å²) in [6.07, 6.45) is 2.86. The molecule has 1 aromatic heterocycles. The molecule has 0 spiro atoms. The quantitative estimate of drug-likeness (QED) is 0.280. The van der Waals surface area contributed by atoms with Crippen molar-refractivity contribution < 1.29 is 9.53 Å². The van der Waals surface area contributed by atoms with Crippen LogP contribution in [0, 0.1) is 0 Å².